The fraction of sp³-hybridized carbons (Fsp3) is 0.615. The Balaban J connectivity index is 1.53. The summed E-state index contributed by atoms with van der Waals surface area (Å²) >= 11 is 0. The summed E-state index contributed by atoms with van der Waals surface area (Å²) in [6.07, 6.45) is 6.28. The van der Waals surface area contributed by atoms with Crippen LogP contribution in [0, 0.1) is 0 Å². The first-order valence-corrected chi connectivity index (χ1v) is 7.04. The fourth-order valence-corrected chi connectivity index (χ4v) is 2.97. The maximum Gasteiger partial charge on any atom is 0.326 e. The fourth-order valence-electron chi connectivity index (χ4n) is 2.97. The molecule has 2 bridgehead atoms. The molecule has 2 amide bonds. The highest BCUT2D eigenvalue weighted by molar-refractivity contribution is 5.82. The highest BCUT2D eigenvalue weighted by Crippen LogP contribution is 2.34. The number of imidazole rings is 1. The molecule has 8 heteroatoms. The Kier molecular flexibility index (Phi) is 3.78. The molecule has 1 aromatic heterocycles. The molecular weight excluding hydrogens is 276 g/mol. The monoisotopic (exact) mass is 294 g/mol. The number of aromatic nitrogens is 2. The predicted molar refractivity (Wildman–Crippen MR) is 71.7 cm³/mol. The van der Waals surface area contributed by atoms with Crippen LogP contribution >= 0.6 is 0 Å². The Labute approximate surface area is 121 Å². The number of H-pyrrole nitrogens is 1. The minimum Gasteiger partial charge on any atom is -0.480 e. The first kappa shape index (κ1) is 13.9. The molecule has 2 aliphatic heterocycles. The van der Waals surface area contributed by atoms with Crippen molar-refractivity contribution in [2.45, 2.75) is 50.0 Å². The number of carbonyl (C=O) groups excluding carboxylic acids is 1. The van der Waals surface area contributed by atoms with E-state index >= 15 is 0 Å². The standard InChI is InChI=1S/C13H18N4O4/c18-12(19)10(3-7-5-14-6-15-7)17-13(20)16-9-4-8-1-2-11(9)21-8/h5-6,8-11H,1-4H2,(H,14,15)(H,18,19)(H2,16,17,20). The molecule has 8 nitrogen and oxygen atoms in total. The van der Waals surface area contributed by atoms with Crippen molar-refractivity contribution in [3.05, 3.63) is 18.2 Å². The molecule has 0 aromatic carbocycles. The third-order valence-electron chi connectivity index (χ3n) is 4.00. The molecule has 21 heavy (non-hydrogen) atoms. The van der Waals surface area contributed by atoms with Crippen molar-refractivity contribution in [2.24, 2.45) is 0 Å². The van der Waals surface area contributed by atoms with Crippen LogP contribution in [0.25, 0.3) is 0 Å². The van der Waals surface area contributed by atoms with Gasteiger partial charge in [0.05, 0.1) is 24.6 Å². The minimum absolute atomic E-state index is 0.0228. The van der Waals surface area contributed by atoms with Crippen molar-refractivity contribution in [1.82, 2.24) is 20.6 Å². The maximum absolute atomic E-state index is 12.0. The molecule has 2 saturated heterocycles. The molecule has 0 spiro atoms. The number of carboxylic acids is 1. The van der Waals surface area contributed by atoms with Gasteiger partial charge in [0.2, 0.25) is 0 Å². The molecule has 4 N–H and O–H groups in total. The van der Waals surface area contributed by atoms with Gasteiger partial charge in [-0.2, -0.15) is 0 Å². The zero-order valence-electron chi connectivity index (χ0n) is 11.4. The molecule has 2 aliphatic rings. The first-order valence-electron chi connectivity index (χ1n) is 7.04. The van der Waals surface area contributed by atoms with Crippen LogP contribution in [0.5, 0.6) is 0 Å². The van der Waals surface area contributed by atoms with Gasteiger partial charge in [0.15, 0.2) is 0 Å². The topological polar surface area (TPSA) is 116 Å². The number of aromatic amines is 1. The van der Waals surface area contributed by atoms with Crippen molar-refractivity contribution >= 4 is 12.0 Å². The summed E-state index contributed by atoms with van der Waals surface area (Å²) in [6.45, 7) is 0. The smallest absolute Gasteiger partial charge is 0.326 e. The lowest BCUT2D eigenvalue weighted by molar-refractivity contribution is -0.139. The quantitative estimate of drug-likeness (QED) is 0.611. The second-order valence-electron chi connectivity index (χ2n) is 5.51. The van der Waals surface area contributed by atoms with E-state index in [4.69, 9.17) is 4.74 Å². The van der Waals surface area contributed by atoms with Crippen molar-refractivity contribution in [1.29, 1.82) is 0 Å². The lowest BCUT2D eigenvalue weighted by atomic mass is 9.96. The number of rotatable bonds is 5. The van der Waals surface area contributed by atoms with Gasteiger partial charge in [0.25, 0.3) is 0 Å². The van der Waals surface area contributed by atoms with Crippen molar-refractivity contribution in [3.63, 3.8) is 0 Å². The van der Waals surface area contributed by atoms with Gasteiger partial charge >= 0.3 is 12.0 Å². The van der Waals surface area contributed by atoms with E-state index in [1.54, 1.807) is 6.20 Å². The normalized spacial score (nSPS) is 28.3. The number of carboxylic acid groups (broad SMARTS) is 1. The van der Waals surface area contributed by atoms with Crippen LogP contribution in [0.2, 0.25) is 0 Å². The van der Waals surface area contributed by atoms with Crippen LogP contribution in [-0.2, 0) is 16.0 Å². The SMILES string of the molecule is O=C(NC(Cc1cnc[nH]1)C(=O)O)NC1CC2CCC1O2. The Bertz CT molecular complexity index is 518. The number of nitrogens with one attached hydrogen (secondary N) is 3. The molecule has 1 aromatic rings. The van der Waals surface area contributed by atoms with Crippen LogP contribution in [0.15, 0.2) is 12.5 Å². The van der Waals surface area contributed by atoms with Crippen LogP contribution in [0.3, 0.4) is 0 Å². The molecule has 3 heterocycles. The summed E-state index contributed by atoms with van der Waals surface area (Å²) in [5.41, 5.74) is 0.658. The molecular formula is C13H18N4O4. The van der Waals surface area contributed by atoms with Gasteiger partial charge in [-0.05, 0) is 19.3 Å². The number of aliphatic carboxylic acids is 1. The van der Waals surface area contributed by atoms with Gasteiger partial charge in [-0.3, -0.25) is 0 Å². The van der Waals surface area contributed by atoms with Crippen molar-refractivity contribution in [3.8, 4) is 0 Å². The molecule has 4 unspecified atom stereocenters. The van der Waals surface area contributed by atoms with E-state index in [1.807, 2.05) is 0 Å². The first-order chi connectivity index (χ1) is 10.1. The van der Waals surface area contributed by atoms with Crippen LogP contribution < -0.4 is 10.6 Å². The van der Waals surface area contributed by atoms with Gasteiger partial charge in [-0.25, -0.2) is 14.6 Å². The van der Waals surface area contributed by atoms with E-state index in [0.717, 1.165) is 19.3 Å². The van der Waals surface area contributed by atoms with Crippen molar-refractivity contribution < 1.29 is 19.4 Å². The molecule has 114 valence electrons. The van der Waals surface area contributed by atoms with Gasteiger partial charge in [0.1, 0.15) is 6.04 Å². The predicted octanol–water partition coefficient (Wildman–Crippen LogP) is 0.0245. The summed E-state index contributed by atoms with van der Waals surface area (Å²) in [4.78, 5) is 29.8. The zero-order valence-corrected chi connectivity index (χ0v) is 11.4. The zero-order chi connectivity index (χ0) is 14.8. The lowest BCUT2D eigenvalue weighted by Crippen LogP contribution is -2.51. The number of carbonyl (C=O) groups is 2. The molecule has 3 rings (SSSR count). The summed E-state index contributed by atoms with van der Waals surface area (Å²) in [7, 11) is 0. The molecule has 4 atom stereocenters. The summed E-state index contributed by atoms with van der Waals surface area (Å²) in [6, 6.07) is -1.49. The Hall–Kier alpha value is -2.09. The number of amides is 2. The lowest BCUT2D eigenvalue weighted by Gasteiger charge is -2.22. The van der Waals surface area contributed by atoms with E-state index in [-0.39, 0.29) is 24.7 Å². The number of hydrogen-bond donors (Lipinski definition) is 4. The number of ether oxygens (including phenoxy) is 1. The number of nitrogens with zero attached hydrogens (tertiary/aromatic N) is 1. The number of urea groups is 1. The highest BCUT2D eigenvalue weighted by atomic mass is 16.5. The summed E-state index contributed by atoms with van der Waals surface area (Å²) in [5.74, 6) is -1.08. The van der Waals surface area contributed by atoms with E-state index < -0.39 is 18.0 Å². The summed E-state index contributed by atoms with van der Waals surface area (Å²) < 4.78 is 5.65. The average Bonchev–Trinajstić information content (AvgIpc) is 3.14. The van der Waals surface area contributed by atoms with Crippen LogP contribution in [0.4, 0.5) is 4.79 Å². The third-order valence-corrected chi connectivity index (χ3v) is 4.00. The van der Waals surface area contributed by atoms with Gasteiger partial charge in [0, 0.05) is 18.3 Å². The second kappa shape index (κ2) is 5.72. The van der Waals surface area contributed by atoms with Crippen LogP contribution in [0.1, 0.15) is 25.0 Å². The number of hydrogen-bond acceptors (Lipinski definition) is 4. The second-order valence-corrected chi connectivity index (χ2v) is 5.51. The van der Waals surface area contributed by atoms with Gasteiger partial charge < -0.3 is 25.5 Å². The van der Waals surface area contributed by atoms with E-state index in [0.29, 0.717) is 5.69 Å². The van der Waals surface area contributed by atoms with Gasteiger partial charge in [-0.15, -0.1) is 0 Å². The largest absolute Gasteiger partial charge is 0.480 e. The summed E-state index contributed by atoms with van der Waals surface area (Å²) in [5, 5.41) is 14.5. The minimum atomic E-state index is -1.08. The van der Waals surface area contributed by atoms with E-state index in [1.165, 1.54) is 6.33 Å². The molecule has 0 saturated carbocycles. The van der Waals surface area contributed by atoms with Gasteiger partial charge in [-0.1, -0.05) is 0 Å². The molecule has 0 radical (unpaired) electrons. The maximum atomic E-state index is 12.0. The Morgan fingerprint density at radius 3 is 2.95 bits per heavy atom. The van der Waals surface area contributed by atoms with Crippen LogP contribution in [-0.4, -0.2) is 51.4 Å². The van der Waals surface area contributed by atoms with E-state index in [9.17, 15) is 14.7 Å². The molecule has 2 fully saturated rings. The van der Waals surface area contributed by atoms with E-state index in [2.05, 4.69) is 20.6 Å². The highest BCUT2D eigenvalue weighted by Gasteiger charge is 2.41. The molecule has 0 aliphatic carbocycles. The Morgan fingerprint density at radius 2 is 2.38 bits per heavy atom. The van der Waals surface area contributed by atoms with Crippen molar-refractivity contribution in [2.75, 3.05) is 0 Å². The average molecular weight is 294 g/mol. The third kappa shape index (κ3) is 3.15. The number of fused-ring (bicyclic) bond motifs is 2. The Morgan fingerprint density at radius 1 is 1.52 bits per heavy atom.